The van der Waals surface area contributed by atoms with Gasteiger partial charge in [0.1, 0.15) is 11.1 Å². The summed E-state index contributed by atoms with van der Waals surface area (Å²) in [5.41, 5.74) is 1.83. The summed E-state index contributed by atoms with van der Waals surface area (Å²) in [6, 6.07) is 6.25. The van der Waals surface area contributed by atoms with Crippen molar-refractivity contribution >= 4 is 34.3 Å². The topological polar surface area (TPSA) is 36.7 Å². The Morgan fingerprint density at radius 2 is 2.35 bits per heavy atom. The van der Waals surface area contributed by atoms with E-state index in [1.54, 1.807) is 22.7 Å². The van der Waals surface area contributed by atoms with Crippen molar-refractivity contribution in [2.24, 2.45) is 0 Å². The molecule has 0 aromatic carbocycles. The molecule has 0 radical (unpaired) electrons. The van der Waals surface area contributed by atoms with E-state index in [1.807, 2.05) is 23.6 Å². The third-order valence-corrected chi connectivity index (χ3v) is 4.41. The molecule has 0 aliphatic heterocycles. The summed E-state index contributed by atoms with van der Waals surface area (Å²) in [5.74, 6) is 0.654. The molecule has 0 spiro atoms. The van der Waals surface area contributed by atoms with Crippen molar-refractivity contribution in [3.05, 3.63) is 38.5 Å². The molecule has 0 N–H and O–H groups in total. The number of nitriles is 1. The highest BCUT2D eigenvalue weighted by Gasteiger charge is 2.26. The maximum Gasteiger partial charge on any atom is 0.134 e. The number of thiazole rings is 1. The predicted molar refractivity (Wildman–Crippen MR) is 71.9 cm³/mol. The van der Waals surface area contributed by atoms with E-state index < -0.39 is 0 Å². The van der Waals surface area contributed by atoms with Crippen LogP contribution in [0.2, 0.25) is 0 Å². The van der Waals surface area contributed by atoms with Gasteiger partial charge < -0.3 is 0 Å². The zero-order valence-electron chi connectivity index (χ0n) is 9.09. The lowest BCUT2D eigenvalue weighted by atomic mass is 10.2. The van der Waals surface area contributed by atoms with Gasteiger partial charge in [-0.2, -0.15) is 5.26 Å². The summed E-state index contributed by atoms with van der Waals surface area (Å²) in [5, 5.41) is 14.1. The summed E-state index contributed by atoms with van der Waals surface area (Å²) in [4.78, 5) is 5.66. The SMILES string of the molecule is N#CC(=Cc1cccs1)c1nc(C2CC2)cs1. The second-order valence-corrected chi connectivity index (χ2v) is 5.87. The molecule has 0 bridgehead atoms. The zero-order chi connectivity index (χ0) is 11.7. The molecule has 2 nitrogen and oxygen atoms in total. The number of hydrogen-bond acceptors (Lipinski definition) is 4. The molecular weight excluding hydrogens is 248 g/mol. The molecule has 4 heteroatoms. The Kier molecular flexibility index (Phi) is 2.79. The molecule has 1 saturated carbocycles. The quantitative estimate of drug-likeness (QED) is 0.776. The fraction of sp³-hybridized carbons (Fsp3) is 0.231. The first-order chi connectivity index (χ1) is 8.36. The van der Waals surface area contributed by atoms with E-state index in [9.17, 15) is 5.26 Å². The molecule has 84 valence electrons. The largest absolute Gasteiger partial charge is 0.240 e. The van der Waals surface area contributed by atoms with E-state index in [-0.39, 0.29) is 0 Å². The summed E-state index contributed by atoms with van der Waals surface area (Å²) >= 11 is 3.21. The number of thiophene rings is 1. The fourth-order valence-corrected chi connectivity index (χ4v) is 3.16. The second kappa shape index (κ2) is 4.44. The van der Waals surface area contributed by atoms with Crippen LogP contribution in [0.3, 0.4) is 0 Å². The highest BCUT2D eigenvalue weighted by Crippen LogP contribution is 2.40. The monoisotopic (exact) mass is 258 g/mol. The van der Waals surface area contributed by atoms with Crippen molar-refractivity contribution in [1.82, 2.24) is 4.98 Å². The molecule has 3 rings (SSSR count). The number of hydrogen-bond donors (Lipinski definition) is 0. The fourth-order valence-electron chi connectivity index (χ4n) is 1.63. The third-order valence-electron chi connectivity index (χ3n) is 2.70. The van der Waals surface area contributed by atoms with Crippen LogP contribution in [-0.4, -0.2) is 4.98 Å². The van der Waals surface area contributed by atoms with Crippen LogP contribution >= 0.6 is 22.7 Å². The van der Waals surface area contributed by atoms with E-state index in [4.69, 9.17) is 0 Å². The Hall–Kier alpha value is -1.44. The van der Waals surface area contributed by atoms with Crippen LogP contribution in [0.5, 0.6) is 0 Å². The Balaban J connectivity index is 1.91. The first kappa shape index (κ1) is 10.7. The van der Waals surface area contributed by atoms with Gasteiger partial charge in [-0.3, -0.25) is 0 Å². The highest BCUT2D eigenvalue weighted by atomic mass is 32.1. The Bertz CT molecular complexity index is 583. The van der Waals surface area contributed by atoms with E-state index in [0.717, 1.165) is 15.6 Å². The summed E-state index contributed by atoms with van der Waals surface area (Å²) in [6.45, 7) is 0. The van der Waals surface area contributed by atoms with E-state index in [0.29, 0.717) is 11.5 Å². The minimum absolute atomic E-state index is 0.654. The van der Waals surface area contributed by atoms with E-state index in [2.05, 4.69) is 16.4 Å². The normalized spacial score (nSPS) is 15.8. The molecule has 2 aromatic rings. The van der Waals surface area contributed by atoms with Gasteiger partial charge in [-0.25, -0.2) is 4.98 Å². The van der Waals surface area contributed by atoms with Gasteiger partial charge in [-0.15, -0.1) is 22.7 Å². The predicted octanol–water partition coefficient (Wildman–Crippen LogP) is 4.15. The Labute approximate surface area is 108 Å². The van der Waals surface area contributed by atoms with Crippen molar-refractivity contribution in [1.29, 1.82) is 5.26 Å². The van der Waals surface area contributed by atoms with Gasteiger partial charge >= 0.3 is 0 Å². The van der Waals surface area contributed by atoms with Gasteiger partial charge in [0.15, 0.2) is 0 Å². The third kappa shape index (κ3) is 2.31. The summed E-state index contributed by atoms with van der Waals surface area (Å²) in [7, 11) is 0. The van der Waals surface area contributed by atoms with E-state index in [1.165, 1.54) is 12.8 Å². The molecule has 0 saturated heterocycles. The molecule has 17 heavy (non-hydrogen) atoms. The van der Waals surface area contributed by atoms with Crippen molar-refractivity contribution < 1.29 is 0 Å². The van der Waals surface area contributed by atoms with Crippen LogP contribution in [0.1, 0.15) is 34.3 Å². The number of rotatable bonds is 3. The van der Waals surface area contributed by atoms with Crippen molar-refractivity contribution in [2.75, 3.05) is 0 Å². The molecule has 1 aliphatic rings. The summed E-state index contributed by atoms with van der Waals surface area (Å²) < 4.78 is 0. The van der Waals surface area contributed by atoms with Crippen molar-refractivity contribution in [2.45, 2.75) is 18.8 Å². The minimum atomic E-state index is 0.654. The molecule has 2 heterocycles. The first-order valence-corrected chi connectivity index (χ1v) is 7.24. The molecule has 0 unspecified atom stereocenters. The van der Waals surface area contributed by atoms with Crippen LogP contribution in [0.25, 0.3) is 11.6 Å². The Morgan fingerprint density at radius 3 is 3.00 bits per heavy atom. The van der Waals surface area contributed by atoms with Crippen LogP contribution < -0.4 is 0 Å². The lowest BCUT2D eigenvalue weighted by Crippen LogP contribution is -1.82. The first-order valence-electron chi connectivity index (χ1n) is 5.48. The molecule has 0 amide bonds. The van der Waals surface area contributed by atoms with Gasteiger partial charge in [0, 0.05) is 16.2 Å². The number of aromatic nitrogens is 1. The smallest absolute Gasteiger partial charge is 0.134 e. The van der Waals surface area contributed by atoms with Gasteiger partial charge in [-0.1, -0.05) is 6.07 Å². The molecule has 1 aliphatic carbocycles. The maximum absolute atomic E-state index is 9.19. The van der Waals surface area contributed by atoms with Gasteiger partial charge in [0.25, 0.3) is 0 Å². The van der Waals surface area contributed by atoms with Gasteiger partial charge in [0.05, 0.1) is 11.3 Å². The second-order valence-electron chi connectivity index (χ2n) is 4.04. The van der Waals surface area contributed by atoms with Gasteiger partial charge in [0.2, 0.25) is 0 Å². The zero-order valence-corrected chi connectivity index (χ0v) is 10.7. The maximum atomic E-state index is 9.19. The van der Waals surface area contributed by atoms with Crippen LogP contribution in [0.4, 0.5) is 0 Å². The molecular formula is C13H10N2S2. The van der Waals surface area contributed by atoms with Crippen LogP contribution in [-0.2, 0) is 0 Å². The molecule has 1 fully saturated rings. The molecule has 2 aromatic heterocycles. The number of allylic oxidation sites excluding steroid dienone is 1. The standard InChI is InChI=1S/C13H10N2S2/c14-7-10(6-11-2-1-5-16-11)13-15-12(8-17-13)9-3-4-9/h1-2,5-6,8-9H,3-4H2. The lowest BCUT2D eigenvalue weighted by molar-refractivity contribution is 1.05. The summed E-state index contributed by atoms with van der Waals surface area (Å²) in [6.07, 6.45) is 4.42. The van der Waals surface area contributed by atoms with Crippen molar-refractivity contribution in [3.8, 4) is 6.07 Å². The van der Waals surface area contributed by atoms with Crippen LogP contribution in [0.15, 0.2) is 22.9 Å². The van der Waals surface area contributed by atoms with Gasteiger partial charge in [-0.05, 0) is 30.4 Å². The highest BCUT2D eigenvalue weighted by molar-refractivity contribution is 7.11. The number of nitrogens with zero attached hydrogens (tertiary/aromatic N) is 2. The van der Waals surface area contributed by atoms with E-state index >= 15 is 0 Å². The average molecular weight is 258 g/mol. The van der Waals surface area contributed by atoms with Crippen LogP contribution in [0, 0.1) is 11.3 Å². The molecule has 0 atom stereocenters. The Morgan fingerprint density at radius 1 is 1.47 bits per heavy atom. The lowest BCUT2D eigenvalue weighted by Gasteiger charge is -1.91. The average Bonchev–Trinajstić information content (AvgIpc) is 2.89. The minimum Gasteiger partial charge on any atom is -0.240 e. The van der Waals surface area contributed by atoms with Crippen molar-refractivity contribution in [3.63, 3.8) is 0 Å².